The first-order valence-electron chi connectivity index (χ1n) is 4.99. The minimum atomic E-state index is -0.510. The topological polar surface area (TPSA) is 61.8 Å². The lowest BCUT2D eigenvalue weighted by atomic mass is 10.1. The van der Waals surface area contributed by atoms with Gasteiger partial charge >= 0.3 is 11.9 Å². The number of ether oxygens (including phenoxy) is 3. The molecular formula is C10H16O5. The van der Waals surface area contributed by atoms with Crippen molar-refractivity contribution in [3.05, 3.63) is 0 Å². The Morgan fingerprint density at radius 2 is 1.73 bits per heavy atom. The largest absolute Gasteiger partial charge is 0.460 e. The molecule has 15 heavy (non-hydrogen) atoms. The van der Waals surface area contributed by atoms with Crippen molar-refractivity contribution in [3.8, 4) is 0 Å². The standard InChI is InChI=1S/C10H16O5/c1-6-9(14-7(2)11)4-5-10(13-6)15-8(3)12/h6,9-10H,4-5H2,1-3H3/t6-,9-,10?/m0/s1. The number of rotatable bonds is 2. The van der Waals surface area contributed by atoms with Gasteiger partial charge in [-0.25, -0.2) is 0 Å². The molecule has 1 aliphatic rings. The summed E-state index contributed by atoms with van der Waals surface area (Å²) in [5.41, 5.74) is 0. The van der Waals surface area contributed by atoms with E-state index in [4.69, 9.17) is 14.2 Å². The number of esters is 2. The lowest BCUT2D eigenvalue weighted by molar-refractivity contribution is -0.222. The summed E-state index contributed by atoms with van der Waals surface area (Å²) < 4.78 is 15.4. The van der Waals surface area contributed by atoms with Gasteiger partial charge in [-0.15, -0.1) is 0 Å². The van der Waals surface area contributed by atoms with Crippen LogP contribution in [0.15, 0.2) is 0 Å². The molecule has 0 saturated carbocycles. The van der Waals surface area contributed by atoms with E-state index in [1.54, 1.807) is 6.92 Å². The molecular weight excluding hydrogens is 200 g/mol. The highest BCUT2D eigenvalue weighted by Gasteiger charge is 2.31. The number of carbonyl (C=O) groups is 2. The molecule has 0 N–H and O–H groups in total. The number of carbonyl (C=O) groups excluding carboxylic acids is 2. The maximum atomic E-state index is 10.8. The first kappa shape index (κ1) is 12.0. The van der Waals surface area contributed by atoms with Crippen molar-refractivity contribution in [2.75, 3.05) is 0 Å². The van der Waals surface area contributed by atoms with Crippen LogP contribution in [-0.4, -0.2) is 30.4 Å². The van der Waals surface area contributed by atoms with Crippen LogP contribution in [0, 0.1) is 0 Å². The summed E-state index contributed by atoms with van der Waals surface area (Å²) in [5, 5.41) is 0. The lowest BCUT2D eigenvalue weighted by Crippen LogP contribution is -2.40. The van der Waals surface area contributed by atoms with Crippen molar-refractivity contribution in [3.63, 3.8) is 0 Å². The molecule has 1 fully saturated rings. The van der Waals surface area contributed by atoms with Gasteiger partial charge < -0.3 is 14.2 Å². The second-order valence-corrected chi connectivity index (χ2v) is 3.61. The quantitative estimate of drug-likeness (QED) is 0.644. The molecule has 0 spiro atoms. The average Bonchev–Trinajstić information content (AvgIpc) is 2.08. The van der Waals surface area contributed by atoms with Crippen molar-refractivity contribution >= 4 is 11.9 Å². The fraction of sp³-hybridized carbons (Fsp3) is 0.800. The molecule has 1 unspecified atom stereocenters. The van der Waals surface area contributed by atoms with Gasteiger partial charge in [0.25, 0.3) is 0 Å². The Morgan fingerprint density at radius 1 is 1.13 bits per heavy atom. The highest BCUT2D eigenvalue weighted by atomic mass is 16.7. The molecule has 1 aliphatic heterocycles. The van der Waals surface area contributed by atoms with Crippen LogP contribution in [0.5, 0.6) is 0 Å². The summed E-state index contributed by atoms with van der Waals surface area (Å²) in [4.78, 5) is 21.4. The summed E-state index contributed by atoms with van der Waals surface area (Å²) in [7, 11) is 0. The molecule has 0 aliphatic carbocycles. The normalized spacial score (nSPS) is 30.7. The van der Waals surface area contributed by atoms with Crippen molar-refractivity contribution in [2.45, 2.75) is 52.1 Å². The first-order chi connectivity index (χ1) is 6.99. The zero-order valence-corrected chi connectivity index (χ0v) is 9.19. The van der Waals surface area contributed by atoms with Crippen LogP contribution in [0.25, 0.3) is 0 Å². The fourth-order valence-electron chi connectivity index (χ4n) is 1.57. The van der Waals surface area contributed by atoms with Gasteiger partial charge in [0.1, 0.15) is 6.10 Å². The minimum absolute atomic E-state index is 0.241. The summed E-state index contributed by atoms with van der Waals surface area (Å²) in [6.07, 6.45) is 0.214. The predicted octanol–water partition coefficient (Wildman–Crippen LogP) is 1.01. The third-order valence-corrected chi connectivity index (χ3v) is 2.19. The van der Waals surface area contributed by atoms with Gasteiger partial charge in [0.05, 0.1) is 6.10 Å². The Morgan fingerprint density at radius 3 is 2.20 bits per heavy atom. The molecule has 1 saturated heterocycles. The van der Waals surface area contributed by atoms with E-state index in [-0.39, 0.29) is 24.1 Å². The summed E-state index contributed by atoms with van der Waals surface area (Å²) in [5.74, 6) is -0.681. The zero-order chi connectivity index (χ0) is 11.4. The first-order valence-corrected chi connectivity index (χ1v) is 4.99. The van der Waals surface area contributed by atoms with E-state index in [2.05, 4.69) is 0 Å². The van der Waals surface area contributed by atoms with E-state index in [0.717, 1.165) is 0 Å². The van der Waals surface area contributed by atoms with Crippen molar-refractivity contribution in [2.24, 2.45) is 0 Å². The number of hydrogen-bond donors (Lipinski definition) is 0. The Bertz CT molecular complexity index is 250. The van der Waals surface area contributed by atoms with E-state index in [1.807, 2.05) is 0 Å². The Hall–Kier alpha value is -1.10. The van der Waals surface area contributed by atoms with Gasteiger partial charge in [-0.2, -0.15) is 0 Å². The third kappa shape index (κ3) is 3.87. The van der Waals surface area contributed by atoms with E-state index < -0.39 is 6.29 Å². The van der Waals surface area contributed by atoms with Crippen LogP contribution in [-0.2, 0) is 23.8 Å². The molecule has 5 heteroatoms. The van der Waals surface area contributed by atoms with E-state index >= 15 is 0 Å². The fourth-order valence-corrected chi connectivity index (χ4v) is 1.57. The van der Waals surface area contributed by atoms with Crippen LogP contribution < -0.4 is 0 Å². The summed E-state index contributed by atoms with van der Waals surface area (Å²) >= 11 is 0. The second-order valence-electron chi connectivity index (χ2n) is 3.61. The average molecular weight is 216 g/mol. The van der Waals surface area contributed by atoms with Gasteiger partial charge in [0.2, 0.25) is 6.29 Å². The van der Waals surface area contributed by atoms with E-state index in [0.29, 0.717) is 12.8 Å². The predicted molar refractivity (Wildman–Crippen MR) is 50.9 cm³/mol. The smallest absolute Gasteiger partial charge is 0.304 e. The molecule has 0 aromatic rings. The van der Waals surface area contributed by atoms with Crippen molar-refractivity contribution < 1.29 is 23.8 Å². The highest BCUT2D eigenvalue weighted by molar-refractivity contribution is 5.66. The molecule has 0 bridgehead atoms. The Balaban J connectivity index is 2.40. The van der Waals surface area contributed by atoms with Gasteiger partial charge in [-0.3, -0.25) is 9.59 Å². The molecule has 5 nitrogen and oxygen atoms in total. The molecule has 0 aromatic carbocycles. The molecule has 86 valence electrons. The lowest BCUT2D eigenvalue weighted by Gasteiger charge is -2.33. The highest BCUT2D eigenvalue weighted by Crippen LogP contribution is 2.22. The molecule has 1 rings (SSSR count). The van der Waals surface area contributed by atoms with Gasteiger partial charge in [-0.05, 0) is 13.3 Å². The SMILES string of the molecule is CC(=O)OC1CC[C@H](OC(C)=O)[C@H](C)O1. The monoisotopic (exact) mass is 216 g/mol. The maximum Gasteiger partial charge on any atom is 0.304 e. The minimum Gasteiger partial charge on any atom is -0.460 e. The zero-order valence-electron chi connectivity index (χ0n) is 9.19. The van der Waals surface area contributed by atoms with Gasteiger partial charge in [0.15, 0.2) is 0 Å². The molecule has 0 amide bonds. The van der Waals surface area contributed by atoms with Crippen molar-refractivity contribution in [1.29, 1.82) is 0 Å². The van der Waals surface area contributed by atoms with E-state index in [9.17, 15) is 9.59 Å². The Kier molecular flexibility index (Phi) is 4.08. The summed E-state index contributed by atoms with van der Waals surface area (Å²) in [6, 6.07) is 0. The van der Waals surface area contributed by atoms with Crippen LogP contribution in [0.1, 0.15) is 33.6 Å². The molecule has 0 aromatic heterocycles. The van der Waals surface area contributed by atoms with Crippen LogP contribution in [0.2, 0.25) is 0 Å². The third-order valence-electron chi connectivity index (χ3n) is 2.19. The van der Waals surface area contributed by atoms with Crippen LogP contribution >= 0.6 is 0 Å². The second kappa shape index (κ2) is 5.11. The van der Waals surface area contributed by atoms with E-state index in [1.165, 1.54) is 13.8 Å². The van der Waals surface area contributed by atoms with Crippen molar-refractivity contribution in [1.82, 2.24) is 0 Å². The van der Waals surface area contributed by atoms with Gasteiger partial charge in [-0.1, -0.05) is 0 Å². The molecule has 1 heterocycles. The Labute approximate surface area is 88.7 Å². The summed E-state index contributed by atoms with van der Waals surface area (Å²) in [6.45, 7) is 4.50. The number of hydrogen-bond acceptors (Lipinski definition) is 5. The molecule has 3 atom stereocenters. The molecule has 0 radical (unpaired) electrons. The maximum absolute atomic E-state index is 10.8. The van der Waals surface area contributed by atoms with Crippen LogP contribution in [0.4, 0.5) is 0 Å². The van der Waals surface area contributed by atoms with Crippen LogP contribution in [0.3, 0.4) is 0 Å². The van der Waals surface area contributed by atoms with Gasteiger partial charge in [0, 0.05) is 20.3 Å².